The Bertz CT molecular complexity index is 496. The van der Waals surface area contributed by atoms with Crippen LogP contribution < -0.4 is 0 Å². The molecule has 0 aliphatic heterocycles. The summed E-state index contributed by atoms with van der Waals surface area (Å²) in [4.78, 5) is 12.0. The van der Waals surface area contributed by atoms with Crippen molar-refractivity contribution in [3.8, 4) is 5.69 Å². The molecule has 76 valence electrons. The number of carboxylic acids is 1. The highest BCUT2D eigenvalue weighted by Gasteiger charge is 2.08. The van der Waals surface area contributed by atoms with Crippen LogP contribution in [0, 0.1) is 0 Å². The largest absolute Gasteiger partial charge is 0.478 e. The zero-order valence-corrected chi connectivity index (χ0v) is 8.22. The summed E-state index contributed by atoms with van der Waals surface area (Å²) in [5, 5.41) is 16.8. The maximum atomic E-state index is 10.7. The van der Waals surface area contributed by atoms with E-state index in [1.54, 1.807) is 6.07 Å². The number of aromatic carboxylic acids is 1. The lowest BCUT2D eigenvalue weighted by atomic mass is 10.2. The Morgan fingerprint density at radius 1 is 1.33 bits per heavy atom. The SMILES string of the molecule is O=C(O)c1ccc(-n2nccn2)c(Cl)c1. The fourth-order valence-electron chi connectivity index (χ4n) is 1.14. The van der Waals surface area contributed by atoms with Crippen LogP contribution >= 0.6 is 11.6 Å². The molecule has 0 aliphatic rings. The quantitative estimate of drug-likeness (QED) is 0.840. The van der Waals surface area contributed by atoms with E-state index >= 15 is 0 Å². The van der Waals surface area contributed by atoms with Gasteiger partial charge in [0.25, 0.3) is 0 Å². The number of hydrogen-bond acceptors (Lipinski definition) is 3. The molecule has 0 saturated carbocycles. The first kappa shape index (κ1) is 9.67. The van der Waals surface area contributed by atoms with Crippen molar-refractivity contribution in [2.24, 2.45) is 0 Å². The molecule has 2 rings (SSSR count). The van der Waals surface area contributed by atoms with Crippen molar-refractivity contribution in [3.63, 3.8) is 0 Å². The van der Waals surface area contributed by atoms with E-state index in [0.29, 0.717) is 10.7 Å². The van der Waals surface area contributed by atoms with Gasteiger partial charge in [-0.05, 0) is 18.2 Å². The average Bonchev–Trinajstić information content (AvgIpc) is 2.70. The molecule has 0 aliphatic carbocycles. The van der Waals surface area contributed by atoms with Crippen LogP contribution in [0.2, 0.25) is 5.02 Å². The van der Waals surface area contributed by atoms with Gasteiger partial charge >= 0.3 is 5.97 Å². The van der Waals surface area contributed by atoms with Gasteiger partial charge in [0.2, 0.25) is 0 Å². The first-order valence-corrected chi connectivity index (χ1v) is 4.46. The van der Waals surface area contributed by atoms with Crippen molar-refractivity contribution in [3.05, 3.63) is 41.2 Å². The van der Waals surface area contributed by atoms with E-state index in [0.717, 1.165) is 0 Å². The third-order valence-electron chi connectivity index (χ3n) is 1.83. The molecule has 0 saturated heterocycles. The third kappa shape index (κ3) is 1.82. The van der Waals surface area contributed by atoms with E-state index in [9.17, 15) is 4.79 Å². The van der Waals surface area contributed by atoms with Gasteiger partial charge in [-0.2, -0.15) is 15.0 Å². The topological polar surface area (TPSA) is 68.0 Å². The molecule has 0 spiro atoms. The van der Waals surface area contributed by atoms with E-state index in [1.165, 1.54) is 29.3 Å². The van der Waals surface area contributed by atoms with Crippen LogP contribution in [0.4, 0.5) is 0 Å². The standard InChI is InChI=1S/C9H6ClN3O2/c10-7-5-6(9(14)15)1-2-8(7)13-11-3-4-12-13/h1-5H,(H,14,15). The molecule has 5 nitrogen and oxygen atoms in total. The van der Waals surface area contributed by atoms with Crippen LogP contribution in [-0.2, 0) is 0 Å². The summed E-state index contributed by atoms with van der Waals surface area (Å²) in [6.07, 6.45) is 3.03. The number of nitrogens with zero attached hydrogens (tertiary/aromatic N) is 3. The van der Waals surface area contributed by atoms with Crippen molar-refractivity contribution in [2.45, 2.75) is 0 Å². The number of rotatable bonds is 2. The van der Waals surface area contributed by atoms with Gasteiger partial charge in [0, 0.05) is 0 Å². The molecular formula is C9H6ClN3O2. The van der Waals surface area contributed by atoms with Gasteiger partial charge in [0.15, 0.2) is 0 Å². The van der Waals surface area contributed by atoms with Gasteiger partial charge < -0.3 is 5.11 Å². The smallest absolute Gasteiger partial charge is 0.335 e. The lowest BCUT2D eigenvalue weighted by molar-refractivity contribution is 0.0697. The molecule has 1 aromatic heterocycles. The predicted molar refractivity (Wildman–Crippen MR) is 53.3 cm³/mol. The Labute approximate surface area is 89.9 Å². The van der Waals surface area contributed by atoms with E-state index in [1.807, 2.05) is 0 Å². The highest BCUT2D eigenvalue weighted by Crippen LogP contribution is 2.20. The van der Waals surface area contributed by atoms with E-state index in [4.69, 9.17) is 16.7 Å². The fraction of sp³-hybridized carbons (Fsp3) is 0. The van der Waals surface area contributed by atoms with Gasteiger partial charge in [0.1, 0.15) is 5.69 Å². The summed E-state index contributed by atoms with van der Waals surface area (Å²) in [7, 11) is 0. The van der Waals surface area contributed by atoms with Gasteiger partial charge in [-0.15, -0.1) is 0 Å². The third-order valence-corrected chi connectivity index (χ3v) is 2.13. The molecule has 0 bridgehead atoms. The second-order valence-corrected chi connectivity index (χ2v) is 3.20. The van der Waals surface area contributed by atoms with Gasteiger partial charge in [-0.25, -0.2) is 4.79 Å². The zero-order valence-electron chi connectivity index (χ0n) is 7.46. The van der Waals surface area contributed by atoms with E-state index in [-0.39, 0.29) is 5.56 Å². The van der Waals surface area contributed by atoms with Crippen molar-refractivity contribution in [2.75, 3.05) is 0 Å². The first-order valence-electron chi connectivity index (χ1n) is 4.08. The van der Waals surface area contributed by atoms with Crippen molar-refractivity contribution >= 4 is 17.6 Å². The summed E-state index contributed by atoms with van der Waals surface area (Å²) in [5.41, 5.74) is 0.683. The minimum atomic E-state index is -1.02. The van der Waals surface area contributed by atoms with Crippen LogP contribution in [0.5, 0.6) is 0 Å². The van der Waals surface area contributed by atoms with Crippen LogP contribution in [0.25, 0.3) is 5.69 Å². The summed E-state index contributed by atoms with van der Waals surface area (Å²) in [6, 6.07) is 4.38. The minimum Gasteiger partial charge on any atom is -0.478 e. The molecule has 6 heteroatoms. The average molecular weight is 224 g/mol. The number of hydrogen-bond donors (Lipinski definition) is 1. The maximum Gasteiger partial charge on any atom is 0.335 e. The number of aromatic nitrogens is 3. The second kappa shape index (κ2) is 3.70. The molecule has 0 fully saturated rings. The summed E-state index contributed by atoms with van der Waals surface area (Å²) >= 11 is 5.90. The van der Waals surface area contributed by atoms with Crippen LogP contribution in [0.15, 0.2) is 30.6 Å². The molecule has 15 heavy (non-hydrogen) atoms. The number of halogens is 1. The lowest BCUT2D eigenvalue weighted by Gasteiger charge is -2.03. The molecule has 0 atom stereocenters. The Balaban J connectivity index is 2.48. The molecule has 1 heterocycles. The normalized spacial score (nSPS) is 10.2. The first-order chi connectivity index (χ1) is 7.18. The molecule has 1 N–H and O–H groups in total. The summed E-state index contributed by atoms with van der Waals surface area (Å²) in [5.74, 6) is -1.02. The predicted octanol–water partition coefficient (Wildman–Crippen LogP) is 1.62. The monoisotopic (exact) mass is 223 g/mol. The van der Waals surface area contributed by atoms with E-state index in [2.05, 4.69) is 10.2 Å². The highest BCUT2D eigenvalue weighted by molar-refractivity contribution is 6.32. The Morgan fingerprint density at radius 3 is 2.53 bits per heavy atom. The minimum absolute atomic E-state index is 0.135. The lowest BCUT2D eigenvalue weighted by Crippen LogP contribution is -2.02. The molecule has 0 amide bonds. The maximum absolute atomic E-state index is 10.7. The number of benzene rings is 1. The van der Waals surface area contributed by atoms with Crippen molar-refractivity contribution in [1.29, 1.82) is 0 Å². The summed E-state index contributed by atoms with van der Waals surface area (Å²) in [6.45, 7) is 0. The number of carbonyl (C=O) groups is 1. The molecular weight excluding hydrogens is 218 g/mol. The van der Waals surface area contributed by atoms with Gasteiger partial charge in [0.05, 0.1) is 23.0 Å². The highest BCUT2D eigenvalue weighted by atomic mass is 35.5. The second-order valence-electron chi connectivity index (χ2n) is 2.79. The Kier molecular flexibility index (Phi) is 2.39. The Morgan fingerprint density at radius 2 is 2.00 bits per heavy atom. The Hall–Kier alpha value is -1.88. The van der Waals surface area contributed by atoms with E-state index < -0.39 is 5.97 Å². The van der Waals surface area contributed by atoms with Gasteiger partial charge in [-0.3, -0.25) is 0 Å². The van der Waals surface area contributed by atoms with Crippen molar-refractivity contribution < 1.29 is 9.90 Å². The van der Waals surface area contributed by atoms with Crippen molar-refractivity contribution in [1.82, 2.24) is 15.0 Å². The van der Waals surface area contributed by atoms with Gasteiger partial charge in [-0.1, -0.05) is 11.6 Å². The molecule has 1 aromatic carbocycles. The summed E-state index contributed by atoms with van der Waals surface area (Å²) < 4.78 is 0. The van der Waals surface area contributed by atoms with Crippen LogP contribution in [-0.4, -0.2) is 26.1 Å². The fourth-order valence-corrected chi connectivity index (χ4v) is 1.40. The molecule has 2 aromatic rings. The van der Waals surface area contributed by atoms with Crippen LogP contribution in [0.3, 0.4) is 0 Å². The van der Waals surface area contributed by atoms with Crippen LogP contribution in [0.1, 0.15) is 10.4 Å². The number of carboxylic acid groups (broad SMARTS) is 1. The zero-order chi connectivity index (χ0) is 10.8. The molecule has 0 unspecified atom stereocenters. The molecule has 0 radical (unpaired) electrons.